The average molecular weight is 413 g/mol. The van der Waals surface area contributed by atoms with Crippen molar-refractivity contribution in [3.05, 3.63) is 44.9 Å². The van der Waals surface area contributed by atoms with Crippen molar-refractivity contribution in [3.8, 4) is 0 Å². The molecule has 0 bridgehead atoms. The highest BCUT2D eigenvalue weighted by molar-refractivity contribution is 9.11. The summed E-state index contributed by atoms with van der Waals surface area (Å²) in [6.07, 6.45) is 8.83. The van der Waals surface area contributed by atoms with E-state index in [-0.39, 0.29) is 12.2 Å². The second-order valence-electron chi connectivity index (χ2n) is 5.31. The Bertz CT molecular complexity index is 663. The standard InChI is InChI=1S/C15H15Br2N3O/c16-10-7-13(17)15(18-9-10)14(21)8-11-5-6-20(19-11)12-3-1-2-4-12/h5-7,9,12H,1-4,8H2. The fourth-order valence-electron chi connectivity index (χ4n) is 2.71. The highest BCUT2D eigenvalue weighted by Gasteiger charge is 2.19. The summed E-state index contributed by atoms with van der Waals surface area (Å²) < 4.78 is 3.56. The number of carbonyl (C=O) groups is 1. The molecule has 1 saturated carbocycles. The number of hydrogen-bond acceptors (Lipinski definition) is 3. The number of hydrogen-bond donors (Lipinski definition) is 0. The molecule has 0 N–H and O–H groups in total. The molecule has 2 aromatic heterocycles. The maximum atomic E-state index is 12.3. The lowest BCUT2D eigenvalue weighted by atomic mass is 10.1. The van der Waals surface area contributed by atoms with Crippen molar-refractivity contribution < 1.29 is 4.79 Å². The molecule has 1 fully saturated rings. The lowest BCUT2D eigenvalue weighted by molar-refractivity contribution is 0.0986. The summed E-state index contributed by atoms with van der Waals surface area (Å²) in [6, 6.07) is 4.27. The van der Waals surface area contributed by atoms with Crippen LogP contribution in [-0.4, -0.2) is 20.5 Å². The largest absolute Gasteiger partial charge is 0.292 e. The van der Waals surface area contributed by atoms with Crippen molar-refractivity contribution >= 4 is 37.6 Å². The molecule has 0 unspecified atom stereocenters. The number of carbonyl (C=O) groups excluding carboxylic acids is 1. The van der Waals surface area contributed by atoms with Crippen LogP contribution in [0.4, 0.5) is 0 Å². The molecule has 21 heavy (non-hydrogen) atoms. The Kier molecular flexibility index (Phi) is 4.54. The van der Waals surface area contributed by atoms with Gasteiger partial charge in [-0.2, -0.15) is 5.10 Å². The first-order valence-corrected chi connectivity index (χ1v) is 8.60. The van der Waals surface area contributed by atoms with Crippen LogP contribution in [0.5, 0.6) is 0 Å². The van der Waals surface area contributed by atoms with E-state index < -0.39 is 0 Å². The van der Waals surface area contributed by atoms with Gasteiger partial charge in [0.25, 0.3) is 0 Å². The van der Waals surface area contributed by atoms with Crippen LogP contribution in [-0.2, 0) is 6.42 Å². The van der Waals surface area contributed by atoms with Crippen LogP contribution in [0.15, 0.2) is 33.5 Å². The first-order valence-electron chi connectivity index (χ1n) is 7.02. The van der Waals surface area contributed by atoms with Gasteiger partial charge in [0.1, 0.15) is 5.69 Å². The molecule has 1 aliphatic rings. The molecule has 2 heterocycles. The van der Waals surface area contributed by atoms with Crippen molar-refractivity contribution in [3.63, 3.8) is 0 Å². The third-order valence-corrected chi connectivity index (χ3v) is 4.81. The number of ketones is 1. The van der Waals surface area contributed by atoms with Gasteiger partial charge < -0.3 is 0 Å². The fraction of sp³-hybridized carbons (Fsp3) is 0.400. The Morgan fingerprint density at radius 3 is 2.81 bits per heavy atom. The zero-order valence-electron chi connectivity index (χ0n) is 11.4. The molecule has 4 nitrogen and oxygen atoms in total. The minimum absolute atomic E-state index is 0.0222. The number of rotatable bonds is 4. The highest BCUT2D eigenvalue weighted by Crippen LogP contribution is 2.29. The minimum atomic E-state index is -0.0222. The molecule has 0 atom stereocenters. The van der Waals surface area contributed by atoms with Crippen LogP contribution in [0.2, 0.25) is 0 Å². The molecule has 110 valence electrons. The Hall–Kier alpha value is -1.01. The molecular formula is C15H15Br2N3O. The van der Waals surface area contributed by atoms with E-state index in [0.29, 0.717) is 16.2 Å². The zero-order valence-corrected chi connectivity index (χ0v) is 14.6. The molecule has 0 radical (unpaired) electrons. The fourth-order valence-corrected chi connectivity index (χ4v) is 3.92. The van der Waals surface area contributed by atoms with Crippen molar-refractivity contribution in [2.45, 2.75) is 38.1 Å². The molecule has 0 aromatic carbocycles. The summed E-state index contributed by atoms with van der Waals surface area (Å²) in [7, 11) is 0. The molecule has 2 aromatic rings. The summed E-state index contributed by atoms with van der Waals surface area (Å²) in [5.74, 6) is -0.0222. The molecule has 3 rings (SSSR count). The topological polar surface area (TPSA) is 47.8 Å². The maximum absolute atomic E-state index is 12.3. The van der Waals surface area contributed by atoms with Crippen LogP contribution in [0.25, 0.3) is 0 Å². The van der Waals surface area contributed by atoms with Crippen molar-refractivity contribution in [2.24, 2.45) is 0 Å². The number of Topliss-reactive ketones (excluding diaryl/α,β-unsaturated/α-hetero) is 1. The smallest absolute Gasteiger partial charge is 0.188 e. The van der Waals surface area contributed by atoms with E-state index in [0.717, 1.165) is 10.2 Å². The number of pyridine rings is 1. The first-order chi connectivity index (χ1) is 10.1. The van der Waals surface area contributed by atoms with Crippen molar-refractivity contribution in [2.75, 3.05) is 0 Å². The summed E-state index contributed by atoms with van der Waals surface area (Å²) in [4.78, 5) is 16.5. The molecule has 0 saturated heterocycles. The van der Waals surface area contributed by atoms with Crippen molar-refractivity contribution in [1.82, 2.24) is 14.8 Å². The normalized spacial score (nSPS) is 15.5. The van der Waals surface area contributed by atoms with Gasteiger partial charge in [0.05, 0.1) is 18.2 Å². The molecule has 0 aliphatic heterocycles. The molecule has 6 heteroatoms. The van der Waals surface area contributed by atoms with Crippen LogP contribution < -0.4 is 0 Å². The second kappa shape index (κ2) is 6.40. The van der Waals surface area contributed by atoms with Crippen LogP contribution in [0.3, 0.4) is 0 Å². The van der Waals surface area contributed by atoms with Gasteiger partial charge in [-0.3, -0.25) is 14.5 Å². The third-order valence-electron chi connectivity index (χ3n) is 3.78. The zero-order chi connectivity index (χ0) is 14.8. The second-order valence-corrected chi connectivity index (χ2v) is 7.08. The molecule has 0 amide bonds. The summed E-state index contributed by atoms with van der Waals surface area (Å²) in [5, 5.41) is 4.55. The van der Waals surface area contributed by atoms with E-state index in [2.05, 4.69) is 41.9 Å². The lowest BCUT2D eigenvalue weighted by Crippen LogP contribution is -2.09. The van der Waals surface area contributed by atoms with E-state index in [4.69, 9.17) is 0 Å². The number of nitrogens with zero attached hydrogens (tertiary/aromatic N) is 3. The summed E-state index contributed by atoms with van der Waals surface area (Å²) >= 11 is 6.71. The maximum Gasteiger partial charge on any atom is 0.188 e. The van der Waals surface area contributed by atoms with E-state index >= 15 is 0 Å². The van der Waals surface area contributed by atoms with Crippen LogP contribution in [0.1, 0.15) is 47.9 Å². The minimum Gasteiger partial charge on any atom is -0.292 e. The van der Waals surface area contributed by atoms with E-state index in [1.165, 1.54) is 25.7 Å². The Labute approximate surface area is 140 Å². The quantitative estimate of drug-likeness (QED) is 0.701. The SMILES string of the molecule is O=C(Cc1ccn(C2CCCC2)n1)c1ncc(Br)cc1Br. The van der Waals surface area contributed by atoms with Gasteiger partial charge in [0.2, 0.25) is 0 Å². The lowest BCUT2D eigenvalue weighted by Gasteiger charge is -2.08. The van der Waals surface area contributed by atoms with Crippen LogP contribution >= 0.6 is 31.9 Å². The molecule has 1 aliphatic carbocycles. The van der Waals surface area contributed by atoms with Gasteiger partial charge in [-0.25, -0.2) is 0 Å². The highest BCUT2D eigenvalue weighted by atomic mass is 79.9. The van der Waals surface area contributed by atoms with E-state index in [9.17, 15) is 4.79 Å². The number of halogens is 2. The van der Waals surface area contributed by atoms with Crippen molar-refractivity contribution in [1.29, 1.82) is 0 Å². The molecular weight excluding hydrogens is 398 g/mol. The van der Waals surface area contributed by atoms with E-state index in [1.807, 2.05) is 23.0 Å². The van der Waals surface area contributed by atoms with Gasteiger partial charge in [-0.1, -0.05) is 12.8 Å². The van der Waals surface area contributed by atoms with Gasteiger partial charge in [-0.15, -0.1) is 0 Å². The molecule has 0 spiro atoms. The van der Waals surface area contributed by atoms with Gasteiger partial charge in [-0.05, 0) is 56.8 Å². The van der Waals surface area contributed by atoms with Gasteiger partial charge in [0.15, 0.2) is 5.78 Å². The summed E-state index contributed by atoms with van der Waals surface area (Å²) in [5.41, 5.74) is 1.26. The number of aromatic nitrogens is 3. The average Bonchev–Trinajstić information content (AvgIpc) is 3.08. The summed E-state index contributed by atoms with van der Waals surface area (Å²) in [6.45, 7) is 0. The van der Waals surface area contributed by atoms with Crippen LogP contribution in [0, 0.1) is 0 Å². The predicted octanol–water partition coefficient (Wildman–Crippen LogP) is 4.34. The monoisotopic (exact) mass is 411 g/mol. The van der Waals surface area contributed by atoms with E-state index in [1.54, 1.807) is 6.20 Å². The third kappa shape index (κ3) is 3.43. The Morgan fingerprint density at radius 2 is 2.10 bits per heavy atom. The van der Waals surface area contributed by atoms with Gasteiger partial charge in [0, 0.05) is 21.3 Å². The predicted molar refractivity (Wildman–Crippen MR) is 87.4 cm³/mol. The Balaban J connectivity index is 1.72. The Morgan fingerprint density at radius 1 is 1.33 bits per heavy atom. The first kappa shape index (κ1) is 14.9. The van der Waals surface area contributed by atoms with Gasteiger partial charge >= 0.3 is 0 Å².